The zero-order valence-corrected chi connectivity index (χ0v) is 19.0. The van der Waals surface area contributed by atoms with Crippen LogP contribution >= 0.6 is 11.6 Å². The number of esters is 1. The van der Waals surface area contributed by atoms with Gasteiger partial charge in [-0.3, -0.25) is 4.79 Å². The zero-order valence-electron chi connectivity index (χ0n) is 18.2. The van der Waals surface area contributed by atoms with Gasteiger partial charge in [-0.2, -0.15) is 0 Å². The van der Waals surface area contributed by atoms with Crippen molar-refractivity contribution in [3.63, 3.8) is 0 Å². The van der Waals surface area contributed by atoms with Crippen LogP contribution < -0.4 is 0 Å². The van der Waals surface area contributed by atoms with Crippen LogP contribution in [0.4, 0.5) is 0 Å². The molecule has 0 amide bonds. The maximum absolute atomic E-state index is 13.4. The topological polar surface area (TPSA) is 26.3 Å². The van der Waals surface area contributed by atoms with E-state index in [1.807, 2.05) is 73.7 Å². The molecule has 0 heterocycles. The molecule has 0 aliphatic carbocycles. The molecule has 5 aromatic rings. The molecule has 2 nitrogen and oxygen atoms in total. The van der Waals surface area contributed by atoms with Crippen molar-refractivity contribution >= 4 is 39.1 Å². The number of carbonyl (C=O) groups excluding carboxylic acids is 1. The quantitative estimate of drug-likeness (QED) is 0.253. The van der Waals surface area contributed by atoms with Crippen molar-refractivity contribution in [2.24, 2.45) is 0 Å². The number of ether oxygens (including phenoxy) is 1. The Morgan fingerprint density at radius 1 is 0.697 bits per heavy atom. The van der Waals surface area contributed by atoms with Gasteiger partial charge in [-0.05, 0) is 46.2 Å². The fraction of sp³-hybridized carbons (Fsp3) is 0.100. The summed E-state index contributed by atoms with van der Waals surface area (Å²) >= 11 is 6.17. The van der Waals surface area contributed by atoms with Crippen molar-refractivity contribution in [1.82, 2.24) is 0 Å². The average Bonchev–Trinajstić information content (AvgIpc) is 2.86. The Kier molecular flexibility index (Phi) is 5.85. The van der Waals surface area contributed by atoms with Crippen LogP contribution in [0.15, 0.2) is 109 Å². The molecular weight excluding hydrogens is 428 g/mol. The highest BCUT2D eigenvalue weighted by molar-refractivity contribution is 6.30. The Morgan fingerprint density at radius 2 is 1.21 bits per heavy atom. The monoisotopic (exact) mass is 450 g/mol. The van der Waals surface area contributed by atoms with Gasteiger partial charge in [0, 0.05) is 16.1 Å². The molecule has 3 heteroatoms. The predicted octanol–water partition coefficient (Wildman–Crippen LogP) is 8.08. The van der Waals surface area contributed by atoms with Gasteiger partial charge >= 0.3 is 5.97 Å². The molecule has 33 heavy (non-hydrogen) atoms. The van der Waals surface area contributed by atoms with E-state index in [9.17, 15) is 4.79 Å². The first kappa shape index (κ1) is 21.2. The molecule has 0 bridgehead atoms. The highest BCUT2D eigenvalue weighted by Crippen LogP contribution is 2.37. The van der Waals surface area contributed by atoms with Crippen LogP contribution in [-0.2, 0) is 9.53 Å². The minimum atomic E-state index is -0.545. The van der Waals surface area contributed by atoms with Crippen LogP contribution in [0.1, 0.15) is 35.6 Å². The Balaban J connectivity index is 1.64. The maximum atomic E-state index is 13.4. The number of carbonyl (C=O) groups is 1. The Hall–Kier alpha value is -3.62. The summed E-state index contributed by atoms with van der Waals surface area (Å²) in [5, 5.41) is 4.97. The van der Waals surface area contributed by atoms with Crippen LogP contribution in [0.2, 0.25) is 5.02 Å². The standard InChI is InChI=1S/C30H23ClO2/c1-20(23-13-6-14-24(31)19-23)30(32)33-29(27-17-7-11-21-9-2-4-15-25(21)27)28-18-8-12-22-10-3-5-16-26(22)28/h2-20,29H,1H3/t20-/m1/s1. The average molecular weight is 451 g/mol. The van der Waals surface area contributed by atoms with Gasteiger partial charge in [0.2, 0.25) is 0 Å². The number of fused-ring (bicyclic) bond motifs is 2. The number of benzene rings is 5. The number of hydrogen-bond donors (Lipinski definition) is 0. The van der Waals surface area contributed by atoms with E-state index in [0.717, 1.165) is 38.2 Å². The first-order valence-electron chi connectivity index (χ1n) is 11.0. The molecule has 5 aromatic carbocycles. The van der Waals surface area contributed by atoms with Gasteiger partial charge in [-0.25, -0.2) is 0 Å². The van der Waals surface area contributed by atoms with Crippen molar-refractivity contribution in [2.45, 2.75) is 18.9 Å². The van der Waals surface area contributed by atoms with E-state index in [-0.39, 0.29) is 5.97 Å². The van der Waals surface area contributed by atoms with Gasteiger partial charge in [0.05, 0.1) is 5.92 Å². The summed E-state index contributed by atoms with van der Waals surface area (Å²) in [5.41, 5.74) is 2.77. The Labute approximate surface area is 198 Å². The lowest BCUT2D eigenvalue weighted by Crippen LogP contribution is -2.18. The second-order valence-electron chi connectivity index (χ2n) is 8.23. The van der Waals surface area contributed by atoms with E-state index in [1.165, 1.54) is 0 Å². The third-order valence-corrected chi connectivity index (χ3v) is 6.38. The number of halogens is 1. The smallest absolute Gasteiger partial charge is 0.314 e. The second-order valence-corrected chi connectivity index (χ2v) is 8.67. The third kappa shape index (κ3) is 4.22. The summed E-state index contributed by atoms with van der Waals surface area (Å²) in [6.45, 7) is 1.86. The van der Waals surface area contributed by atoms with Gasteiger partial charge < -0.3 is 4.74 Å². The van der Waals surface area contributed by atoms with Crippen LogP contribution in [0.5, 0.6) is 0 Å². The maximum Gasteiger partial charge on any atom is 0.314 e. The highest BCUT2D eigenvalue weighted by Gasteiger charge is 2.26. The molecule has 0 saturated heterocycles. The third-order valence-electron chi connectivity index (χ3n) is 6.15. The molecule has 5 rings (SSSR count). The molecule has 0 N–H and O–H groups in total. The van der Waals surface area contributed by atoms with Gasteiger partial charge in [-0.15, -0.1) is 0 Å². The SMILES string of the molecule is C[C@@H](C(=O)OC(c1cccc2ccccc12)c1cccc2ccccc12)c1cccc(Cl)c1. The zero-order chi connectivity index (χ0) is 22.8. The molecule has 0 saturated carbocycles. The summed E-state index contributed by atoms with van der Waals surface area (Å²) in [6, 6.07) is 36.1. The molecule has 0 aromatic heterocycles. The van der Waals surface area contributed by atoms with Crippen LogP contribution in [-0.4, -0.2) is 5.97 Å². The van der Waals surface area contributed by atoms with Gasteiger partial charge in [0.15, 0.2) is 6.10 Å². The van der Waals surface area contributed by atoms with Gasteiger partial charge in [0.25, 0.3) is 0 Å². The molecule has 0 spiro atoms. The van der Waals surface area contributed by atoms with E-state index >= 15 is 0 Å². The fourth-order valence-electron chi connectivity index (χ4n) is 4.38. The van der Waals surface area contributed by atoms with Gasteiger partial charge in [-0.1, -0.05) is 109 Å². The molecule has 0 aliphatic heterocycles. The van der Waals surface area contributed by atoms with E-state index in [1.54, 1.807) is 6.07 Å². The second kappa shape index (κ2) is 9.09. The van der Waals surface area contributed by atoms with Crippen molar-refractivity contribution < 1.29 is 9.53 Å². The highest BCUT2D eigenvalue weighted by atomic mass is 35.5. The normalized spacial score (nSPS) is 12.2. The summed E-state index contributed by atoms with van der Waals surface area (Å²) < 4.78 is 6.31. The lowest BCUT2D eigenvalue weighted by Gasteiger charge is -2.24. The minimum absolute atomic E-state index is 0.289. The van der Waals surface area contributed by atoms with Crippen molar-refractivity contribution in [3.8, 4) is 0 Å². The van der Waals surface area contributed by atoms with E-state index in [0.29, 0.717) is 5.02 Å². The molecule has 0 fully saturated rings. The lowest BCUT2D eigenvalue weighted by atomic mass is 9.92. The van der Waals surface area contributed by atoms with E-state index < -0.39 is 12.0 Å². The van der Waals surface area contributed by atoms with Crippen molar-refractivity contribution in [1.29, 1.82) is 0 Å². The lowest BCUT2D eigenvalue weighted by molar-refractivity contribution is -0.148. The molecular formula is C30H23ClO2. The molecule has 1 atom stereocenters. The van der Waals surface area contributed by atoms with Crippen molar-refractivity contribution in [2.75, 3.05) is 0 Å². The predicted molar refractivity (Wildman–Crippen MR) is 136 cm³/mol. The minimum Gasteiger partial charge on any atom is -0.452 e. The number of hydrogen-bond acceptors (Lipinski definition) is 2. The number of rotatable bonds is 5. The van der Waals surface area contributed by atoms with Crippen LogP contribution in [0, 0.1) is 0 Å². The first-order chi connectivity index (χ1) is 16.1. The Morgan fingerprint density at radius 3 is 1.79 bits per heavy atom. The first-order valence-corrected chi connectivity index (χ1v) is 11.4. The summed E-state index contributed by atoms with van der Waals surface area (Å²) in [5.74, 6) is -0.737. The summed E-state index contributed by atoms with van der Waals surface area (Å²) in [6.07, 6.45) is -0.545. The summed E-state index contributed by atoms with van der Waals surface area (Å²) in [4.78, 5) is 13.4. The summed E-state index contributed by atoms with van der Waals surface area (Å²) in [7, 11) is 0. The molecule has 0 unspecified atom stereocenters. The van der Waals surface area contributed by atoms with Crippen molar-refractivity contribution in [3.05, 3.63) is 131 Å². The Bertz CT molecular complexity index is 1370. The largest absolute Gasteiger partial charge is 0.452 e. The molecule has 0 aliphatic rings. The van der Waals surface area contributed by atoms with Gasteiger partial charge in [0.1, 0.15) is 0 Å². The van der Waals surface area contributed by atoms with E-state index in [2.05, 4.69) is 36.4 Å². The van der Waals surface area contributed by atoms with E-state index in [4.69, 9.17) is 16.3 Å². The fourth-order valence-corrected chi connectivity index (χ4v) is 4.58. The molecule has 162 valence electrons. The van der Waals surface area contributed by atoms with Crippen LogP contribution in [0.3, 0.4) is 0 Å². The molecule has 0 radical (unpaired) electrons. The van der Waals surface area contributed by atoms with Crippen LogP contribution in [0.25, 0.3) is 21.5 Å².